The van der Waals surface area contributed by atoms with Crippen LogP contribution in [-0.4, -0.2) is 22.2 Å². The van der Waals surface area contributed by atoms with Crippen molar-refractivity contribution < 1.29 is 19.8 Å². The van der Waals surface area contributed by atoms with Crippen molar-refractivity contribution in [2.45, 2.75) is 18.8 Å². The minimum Gasteiger partial charge on any atom is -0.481 e. The summed E-state index contributed by atoms with van der Waals surface area (Å²) in [6.45, 7) is 0. The van der Waals surface area contributed by atoms with Crippen molar-refractivity contribution in [3.63, 3.8) is 0 Å². The van der Waals surface area contributed by atoms with E-state index in [9.17, 15) is 14.7 Å². The molecule has 0 heterocycles. The number of hydrogen-bond donors (Lipinski definition) is 2. The average molecular weight is 258 g/mol. The molecule has 4 nitrogen and oxygen atoms in total. The molecule has 0 aliphatic rings. The van der Waals surface area contributed by atoms with E-state index in [0.29, 0.717) is 5.56 Å². The standard InChI is InChI=1S/C15H14O4/c16-14(17)9-8-13(15(18)19)12-7-3-5-10-4-1-2-6-11(10)12/h1-7,13H,8-9H2,(H,16,17)(H,18,19). The summed E-state index contributed by atoms with van der Waals surface area (Å²) in [5, 5.41) is 19.8. The van der Waals surface area contributed by atoms with Crippen LogP contribution in [-0.2, 0) is 9.59 Å². The smallest absolute Gasteiger partial charge is 0.311 e. The van der Waals surface area contributed by atoms with Crippen LogP contribution in [0.4, 0.5) is 0 Å². The molecule has 2 aromatic rings. The molecule has 0 spiro atoms. The first-order valence-corrected chi connectivity index (χ1v) is 6.02. The van der Waals surface area contributed by atoms with Gasteiger partial charge in [0.05, 0.1) is 5.92 Å². The van der Waals surface area contributed by atoms with E-state index in [1.165, 1.54) is 0 Å². The second-order valence-electron chi connectivity index (χ2n) is 4.39. The Morgan fingerprint density at radius 2 is 1.68 bits per heavy atom. The lowest BCUT2D eigenvalue weighted by Crippen LogP contribution is -2.13. The third-order valence-electron chi connectivity index (χ3n) is 3.14. The van der Waals surface area contributed by atoms with Gasteiger partial charge in [0.1, 0.15) is 0 Å². The van der Waals surface area contributed by atoms with Crippen molar-refractivity contribution >= 4 is 22.7 Å². The fourth-order valence-electron chi connectivity index (χ4n) is 2.23. The van der Waals surface area contributed by atoms with E-state index in [1.807, 2.05) is 30.3 Å². The van der Waals surface area contributed by atoms with Crippen LogP contribution in [0.5, 0.6) is 0 Å². The molecule has 0 aliphatic heterocycles. The van der Waals surface area contributed by atoms with Gasteiger partial charge in [-0.05, 0) is 22.8 Å². The van der Waals surface area contributed by atoms with Crippen molar-refractivity contribution in [3.05, 3.63) is 48.0 Å². The highest BCUT2D eigenvalue weighted by Gasteiger charge is 2.22. The molecule has 0 aromatic heterocycles. The molecule has 1 unspecified atom stereocenters. The Balaban J connectivity index is 2.44. The normalized spacial score (nSPS) is 12.2. The van der Waals surface area contributed by atoms with Crippen LogP contribution in [0.15, 0.2) is 42.5 Å². The van der Waals surface area contributed by atoms with E-state index in [0.717, 1.165) is 10.8 Å². The van der Waals surface area contributed by atoms with E-state index >= 15 is 0 Å². The van der Waals surface area contributed by atoms with Gasteiger partial charge in [-0.15, -0.1) is 0 Å². The molecule has 1 atom stereocenters. The lowest BCUT2D eigenvalue weighted by Gasteiger charge is -2.14. The largest absolute Gasteiger partial charge is 0.481 e. The predicted octanol–water partition coefficient (Wildman–Crippen LogP) is 2.87. The Labute approximate surface area is 110 Å². The monoisotopic (exact) mass is 258 g/mol. The Morgan fingerprint density at radius 3 is 2.37 bits per heavy atom. The summed E-state index contributed by atoms with van der Waals surface area (Å²) < 4.78 is 0. The Bertz CT molecular complexity index is 613. The molecule has 0 radical (unpaired) electrons. The SMILES string of the molecule is O=C(O)CCC(C(=O)O)c1cccc2ccccc12. The number of hydrogen-bond acceptors (Lipinski definition) is 2. The van der Waals surface area contributed by atoms with Crippen molar-refractivity contribution in [1.82, 2.24) is 0 Å². The van der Waals surface area contributed by atoms with Crippen molar-refractivity contribution in [2.75, 3.05) is 0 Å². The molecule has 0 bridgehead atoms. The van der Waals surface area contributed by atoms with E-state index in [2.05, 4.69) is 0 Å². The highest BCUT2D eigenvalue weighted by molar-refractivity contribution is 5.90. The van der Waals surface area contributed by atoms with E-state index in [1.54, 1.807) is 12.1 Å². The Morgan fingerprint density at radius 1 is 1.00 bits per heavy atom. The molecule has 2 N–H and O–H groups in total. The first kappa shape index (κ1) is 13.1. The highest BCUT2D eigenvalue weighted by atomic mass is 16.4. The van der Waals surface area contributed by atoms with Crippen LogP contribution in [0, 0.1) is 0 Å². The summed E-state index contributed by atoms with van der Waals surface area (Å²) in [6.07, 6.45) is -0.0567. The summed E-state index contributed by atoms with van der Waals surface area (Å²) in [5.41, 5.74) is 0.673. The topological polar surface area (TPSA) is 74.6 Å². The van der Waals surface area contributed by atoms with Gasteiger partial charge in [-0.2, -0.15) is 0 Å². The lowest BCUT2D eigenvalue weighted by atomic mass is 9.90. The molecule has 98 valence electrons. The fraction of sp³-hybridized carbons (Fsp3) is 0.200. The molecule has 0 saturated heterocycles. The quantitative estimate of drug-likeness (QED) is 0.864. The van der Waals surface area contributed by atoms with E-state index in [4.69, 9.17) is 5.11 Å². The van der Waals surface area contributed by atoms with Gasteiger partial charge in [0.15, 0.2) is 0 Å². The minimum atomic E-state index is -0.988. The van der Waals surface area contributed by atoms with E-state index < -0.39 is 17.9 Å². The van der Waals surface area contributed by atoms with Gasteiger partial charge in [-0.25, -0.2) is 0 Å². The zero-order valence-corrected chi connectivity index (χ0v) is 10.2. The second-order valence-corrected chi connectivity index (χ2v) is 4.39. The summed E-state index contributed by atoms with van der Waals surface area (Å²) in [6, 6.07) is 13.0. The predicted molar refractivity (Wildman–Crippen MR) is 71.2 cm³/mol. The van der Waals surface area contributed by atoms with Crippen LogP contribution in [0.2, 0.25) is 0 Å². The zero-order valence-electron chi connectivity index (χ0n) is 10.2. The van der Waals surface area contributed by atoms with Gasteiger partial charge in [0.2, 0.25) is 0 Å². The molecular formula is C15H14O4. The number of carbonyl (C=O) groups is 2. The Hall–Kier alpha value is -2.36. The van der Waals surface area contributed by atoms with Gasteiger partial charge in [0.25, 0.3) is 0 Å². The third kappa shape index (κ3) is 2.91. The van der Waals surface area contributed by atoms with Gasteiger partial charge in [0, 0.05) is 6.42 Å². The number of rotatable bonds is 5. The van der Waals surface area contributed by atoms with Gasteiger partial charge in [-0.3, -0.25) is 9.59 Å². The van der Waals surface area contributed by atoms with Crippen LogP contribution >= 0.6 is 0 Å². The maximum absolute atomic E-state index is 11.4. The minimum absolute atomic E-state index is 0.0959. The lowest BCUT2D eigenvalue weighted by molar-refractivity contribution is -0.140. The van der Waals surface area contributed by atoms with Crippen LogP contribution in [0.1, 0.15) is 24.3 Å². The average Bonchev–Trinajstić information content (AvgIpc) is 2.38. The van der Waals surface area contributed by atoms with Crippen molar-refractivity contribution in [1.29, 1.82) is 0 Å². The van der Waals surface area contributed by atoms with Gasteiger partial charge in [-0.1, -0.05) is 42.5 Å². The van der Waals surface area contributed by atoms with Crippen molar-refractivity contribution in [3.8, 4) is 0 Å². The maximum atomic E-state index is 11.4. The molecular weight excluding hydrogens is 244 g/mol. The number of carboxylic acids is 2. The molecule has 2 aromatic carbocycles. The third-order valence-corrected chi connectivity index (χ3v) is 3.14. The summed E-state index contributed by atoms with van der Waals surface area (Å²) >= 11 is 0. The molecule has 2 rings (SSSR count). The number of aliphatic carboxylic acids is 2. The summed E-state index contributed by atoms with van der Waals surface area (Å²) in [5.74, 6) is -2.76. The molecule has 0 saturated carbocycles. The van der Waals surface area contributed by atoms with Crippen molar-refractivity contribution in [2.24, 2.45) is 0 Å². The maximum Gasteiger partial charge on any atom is 0.311 e. The molecule has 0 amide bonds. The van der Waals surface area contributed by atoms with Crippen LogP contribution < -0.4 is 0 Å². The Kier molecular flexibility index (Phi) is 3.80. The van der Waals surface area contributed by atoms with Crippen LogP contribution in [0.3, 0.4) is 0 Å². The number of benzene rings is 2. The van der Waals surface area contributed by atoms with Crippen LogP contribution in [0.25, 0.3) is 10.8 Å². The van der Waals surface area contributed by atoms with Gasteiger partial charge >= 0.3 is 11.9 Å². The highest BCUT2D eigenvalue weighted by Crippen LogP contribution is 2.29. The number of carboxylic acid groups (broad SMARTS) is 2. The summed E-state index contributed by atoms with van der Waals surface area (Å²) in [7, 11) is 0. The fourth-order valence-corrected chi connectivity index (χ4v) is 2.23. The molecule has 0 fully saturated rings. The first-order valence-electron chi connectivity index (χ1n) is 6.02. The zero-order chi connectivity index (χ0) is 13.8. The van der Waals surface area contributed by atoms with E-state index in [-0.39, 0.29) is 12.8 Å². The number of fused-ring (bicyclic) bond motifs is 1. The molecule has 19 heavy (non-hydrogen) atoms. The van der Waals surface area contributed by atoms with Gasteiger partial charge < -0.3 is 10.2 Å². The first-order chi connectivity index (χ1) is 9.09. The molecule has 0 aliphatic carbocycles. The summed E-state index contributed by atoms with van der Waals surface area (Å²) in [4.78, 5) is 22.0. The second kappa shape index (κ2) is 5.52. The molecule has 4 heteroatoms.